The lowest BCUT2D eigenvalue weighted by Gasteiger charge is -2.22. The minimum Gasteiger partial charge on any atom is -0.459 e. The maximum absolute atomic E-state index is 13.0. The molecule has 2 amide bonds. The van der Waals surface area contributed by atoms with Crippen LogP contribution in [0.2, 0.25) is 0 Å². The first-order valence-electron chi connectivity index (χ1n) is 10.1. The maximum atomic E-state index is 13.0. The molecule has 0 aliphatic rings. The number of benzene rings is 2. The van der Waals surface area contributed by atoms with Gasteiger partial charge in [-0.15, -0.1) is 0 Å². The fraction of sp³-hybridized carbons (Fsp3) is 0.250. The van der Waals surface area contributed by atoms with Gasteiger partial charge in [0.25, 0.3) is 5.91 Å². The van der Waals surface area contributed by atoms with Crippen LogP contribution in [0, 0.1) is 0 Å². The molecule has 0 unspecified atom stereocenters. The Morgan fingerprint density at radius 2 is 1.63 bits per heavy atom. The minimum atomic E-state index is -0.743. The van der Waals surface area contributed by atoms with Crippen molar-refractivity contribution in [1.82, 2.24) is 5.32 Å². The summed E-state index contributed by atoms with van der Waals surface area (Å²) in [7, 11) is 0. The van der Waals surface area contributed by atoms with Gasteiger partial charge in [-0.3, -0.25) is 9.59 Å². The van der Waals surface area contributed by atoms with Gasteiger partial charge in [0.1, 0.15) is 6.04 Å². The molecule has 0 aliphatic carbocycles. The lowest BCUT2D eigenvalue weighted by molar-refractivity contribution is -0.118. The number of nitrogens with one attached hydrogen (secondary N) is 2. The standard InChI is InChI=1S/C24H27N3O3/c1-3-27(4-2)20-14-12-19(13-15-20)25-23(28)21(17-18-9-6-5-7-10-18)26-24(29)22-11-8-16-30-22/h5-16,21H,3-4,17H2,1-2H3,(H,25,28)(H,26,29)/t21-/m0/s1. The average Bonchev–Trinajstić information content (AvgIpc) is 3.31. The Balaban J connectivity index is 1.73. The van der Waals surface area contributed by atoms with Crippen LogP contribution < -0.4 is 15.5 Å². The van der Waals surface area contributed by atoms with Crippen molar-refractivity contribution in [3.8, 4) is 0 Å². The first-order valence-corrected chi connectivity index (χ1v) is 10.1. The van der Waals surface area contributed by atoms with Crippen molar-refractivity contribution in [2.24, 2.45) is 0 Å². The Morgan fingerprint density at radius 3 is 2.23 bits per heavy atom. The van der Waals surface area contributed by atoms with E-state index in [2.05, 4.69) is 29.4 Å². The van der Waals surface area contributed by atoms with Gasteiger partial charge in [0.05, 0.1) is 6.26 Å². The van der Waals surface area contributed by atoms with Crippen molar-refractivity contribution in [2.75, 3.05) is 23.3 Å². The number of nitrogens with zero attached hydrogens (tertiary/aromatic N) is 1. The van der Waals surface area contributed by atoms with Gasteiger partial charge in [-0.25, -0.2) is 0 Å². The molecule has 30 heavy (non-hydrogen) atoms. The third kappa shape index (κ3) is 5.50. The van der Waals surface area contributed by atoms with Crippen LogP contribution >= 0.6 is 0 Å². The zero-order valence-corrected chi connectivity index (χ0v) is 17.3. The van der Waals surface area contributed by atoms with Crippen LogP contribution in [0.4, 0.5) is 11.4 Å². The summed E-state index contributed by atoms with van der Waals surface area (Å²) in [5, 5.41) is 5.70. The van der Waals surface area contributed by atoms with E-state index < -0.39 is 11.9 Å². The number of hydrogen-bond donors (Lipinski definition) is 2. The Morgan fingerprint density at radius 1 is 0.933 bits per heavy atom. The van der Waals surface area contributed by atoms with E-state index in [1.807, 2.05) is 54.6 Å². The molecule has 3 aromatic rings. The van der Waals surface area contributed by atoms with Gasteiger partial charge in [0.2, 0.25) is 5.91 Å². The molecule has 0 saturated heterocycles. The number of rotatable bonds is 9. The van der Waals surface area contributed by atoms with Crippen LogP contribution in [0.15, 0.2) is 77.4 Å². The first kappa shape index (κ1) is 21.2. The number of furan rings is 1. The van der Waals surface area contributed by atoms with Crippen LogP contribution in [0.3, 0.4) is 0 Å². The lowest BCUT2D eigenvalue weighted by Crippen LogP contribution is -2.45. The van der Waals surface area contributed by atoms with Crippen molar-refractivity contribution in [2.45, 2.75) is 26.3 Å². The van der Waals surface area contributed by atoms with Crippen LogP contribution in [-0.2, 0) is 11.2 Å². The van der Waals surface area contributed by atoms with Gasteiger partial charge in [0, 0.05) is 30.9 Å². The highest BCUT2D eigenvalue weighted by atomic mass is 16.3. The molecule has 0 saturated carbocycles. The molecule has 2 aromatic carbocycles. The molecule has 0 spiro atoms. The Kier molecular flexibility index (Phi) is 7.27. The van der Waals surface area contributed by atoms with Crippen molar-refractivity contribution < 1.29 is 14.0 Å². The van der Waals surface area contributed by atoms with E-state index in [9.17, 15) is 9.59 Å². The second-order valence-electron chi connectivity index (χ2n) is 6.90. The van der Waals surface area contributed by atoms with Gasteiger partial charge in [0.15, 0.2) is 5.76 Å². The van der Waals surface area contributed by atoms with Crippen LogP contribution in [0.5, 0.6) is 0 Å². The third-order valence-corrected chi connectivity index (χ3v) is 4.91. The summed E-state index contributed by atoms with van der Waals surface area (Å²) in [6.45, 7) is 6.05. The van der Waals surface area contributed by atoms with Gasteiger partial charge >= 0.3 is 0 Å². The fourth-order valence-electron chi connectivity index (χ4n) is 3.27. The summed E-state index contributed by atoms with van der Waals surface area (Å²) in [5.41, 5.74) is 2.74. The van der Waals surface area contributed by atoms with Gasteiger partial charge in [-0.05, 0) is 55.8 Å². The zero-order valence-electron chi connectivity index (χ0n) is 17.3. The Bertz CT molecular complexity index is 934. The van der Waals surface area contributed by atoms with Crippen molar-refractivity contribution in [3.63, 3.8) is 0 Å². The second-order valence-corrected chi connectivity index (χ2v) is 6.90. The monoisotopic (exact) mass is 405 g/mol. The molecule has 1 atom stereocenters. The summed E-state index contributed by atoms with van der Waals surface area (Å²) < 4.78 is 5.15. The SMILES string of the molecule is CCN(CC)c1ccc(NC(=O)[C@H](Cc2ccccc2)NC(=O)c2ccco2)cc1. The van der Waals surface area contributed by atoms with Gasteiger partial charge < -0.3 is 20.0 Å². The van der Waals surface area contributed by atoms with E-state index >= 15 is 0 Å². The minimum absolute atomic E-state index is 0.171. The van der Waals surface area contributed by atoms with Crippen molar-refractivity contribution in [1.29, 1.82) is 0 Å². The van der Waals surface area contributed by atoms with E-state index in [1.165, 1.54) is 6.26 Å². The highest BCUT2D eigenvalue weighted by Crippen LogP contribution is 2.18. The molecule has 156 valence electrons. The molecular formula is C24H27N3O3. The number of carbonyl (C=O) groups is 2. The van der Waals surface area contributed by atoms with Crippen molar-refractivity contribution >= 4 is 23.2 Å². The predicted molar refractivity (Wildman–Crippen MR) is 119 cm³/mol. The molecule has 1 aromatic heterocycles. The summed E-state index contributed by atoms with van der Waals surface area (Å²) in [6.07, 6.45) is 1.80. The van der Waals surface area contributed by atoms with Gasteiger partial charge in [-0.2, -0.15) is 0 Å². The molecule has 0 aliphatic heterocycles. The van der Waals surface area contributed by atoms with E-state index in [1.54, 1.807) is 12.1 Å². The largest absolute Gasteiger partial charge is 0.459 e. The zero-order chi connectivity index (χ0) is 21.3. The number of anilines is 2. The lowest BCUT2D eigenvalue weighted by atomic mass is 10.0. The van der Waals surface area contributed by atoms with Crippen LogP contribution in [0.1, 0.15) is 30.0 Å². The molecule has 0 bridgehead atoms. The molecule has 0 radical (unpaired) electrons. The van der Waals surface area contributed by atoms with Gasteiger partial charge in [-0.1, -0.05) is 30.3 Å². The van der Waals surface area contributed by atoms with E-state index in [-0.39, 0.29) is 11.7 Å². The molecule has 6 heteroatoms. The van der Waals surface area contributed by atoms with Crippen LogP contribution in [-0.4, -0.2) is 30.9 Å². The maximum Gasteiger partial charge on any atom is 0.287 e. The average molecular weight is 405 g/mol. The molecule has 2 N–H and O–H groups in total. The number of amides is 2. The highest BCUT2D eigenvalue weighted by Gasteiger charge is 2.23. The predicted octanol–water partition coefficient (Wildman–Crippen LogP) is 4.11. The summed E-state index contributed by atoms with van der Waals surface area (Å²) >= 11 is 0. The Hall–Kier alpha value is -3.54. The molecule has 6 nitrogen and oxygen atoms in total. The summed E-state index contributed by atoms with van der Waals surface area (Å²) in [4.78, 5) is 27.7. The summed E-state index contributed by atoms with van der Waals surface area (Å²) in [5.74, 6) is -0.535. The Labute approximate surface area is 176 Å². The molecule has 1 heterocycles. The topological polar surface area (TPSA) is 74.6 Å². The van der Waals surface area contributed by atoms with Crippen molar-refractivity contribution in [3.05, 3.63) is 84.3 Å². The smallest absolute Gasteiger partial charge is 0.287 e. The third-order valence-electron chi connectivity index (χ3n) is 4.91. The van der Waals surface area contributed by atoms with E-state index in [0.717, 1.165) is 24.3 Å². The first-order chi connectivity index (χ1) is 14.6. The van der Waals surface area contributed by atoms with E-state index in [0.29, 0.717) is 12.1 Å². The number of carbonyl (C=O) groups excluding carboxylic acids is 2. The molecule has 0 fully saturated rings. The molecular weight excluding hydrogens is 378 g/mol. The highest BCUT2D eigenvalue weighted by molar-refractivity contribution is 6.00. The number of hydrogen-bond acceptors (Lipinski definition) is 4. The molecule has 3 rings (SSSR count). The normalized spacial score (nSPS) is 11.5. The summed E-state index contributed by atoms with van der Waals surface area (Å²) in [6, 6.07) is 19.8. The quantitative estimate of drug-likeness (QED) is 0.562. The fourth-order valence-corrected chi connectivity index (χ4v) is 3.27. The van der Waals surface area contributed by atoms with E-state index in [4.69, 9.17) is 4.42 Å². The van der Waals surface area contributed by atoms with Crippen LogP contribution in [0.25, 0.3) is 0 Å². The second kappa shape index (κ2) is 10.3.